The molecule has 5 nitrogen and oxygen atoms in total. The molecule has 1 aliphatic rings. The number of rotatable bonds is 3. The molecule has 0 aromatic heterocycles. The number of hydrogen-bond acceptors (Lipinski definition) is 4. The van der Waals surface area contributed by atoms with Crippen molar-refractivity contribution in [2.75, 3.05) is 25.5 Å². The van der Waals surface area contributed by atoms with E-state index in [4.69, 9.17) is 4.74 Å². The van der Waals surface area contributed by atoms with Gasteiger partial charge in [0.15, 0.2) is 5.41 Å². The van der Waals surface area contributed by atoms with Gasteiger partial charge >= 0.3 is 6.18 Å². The van der Waals surface area contributed by atoms with Crippen molar-refractivity contribution < 1.29 is 27.8 Å². The highest BCUT2D eigenvalue weighted by molar-refractivity contribution is 5.97. The van der Waals surface area contributed by atoms with Gasteiger partial charge in [0.1, 0.15) is 11.5 Å². The van der Waals surface area contributed by atoms with E-state index in [1.54, 1.807) is 0 Å². The van der Waals surface area contributed by atoms with Crippen LogP contribution >= 0.6 is 0 Å². The predicted octanol–water partition coefficient (Wildman–Crippen LogP) is 1.88. The highest BCUT2D eigenvalue weighted by Gasteiger charge is 2.61. The van der Waals surface area contributed by atoms with E-state index in [-0.39, 0.29) is 24.4 Å². The van der Waals surface area contributed by atoms with Crippen LogP contribution in [-0.2, 0) is 4.79 Å². The summed E-state index contributed by atoms with van der Waals surface area (Å²) in [6.45, 7) is -0.371. The number of halogens is 3. The standard InChI is InChI=1S/C13H15F3N2O3/c1-21-8-2-3-10(19)9(6-8)18-11(20)12(13(14,15)16)4-5-17-7-12/h2-3,6,17,19H,4-5,7H2,1H3,(H,18,20). The molecule has 1 heterocycles. The third-order valence-electron chi connectivity index (χ3n) is 3.58. The summed E-state index contributed by atoms with van der Waals surface area (Å²) in [7, 11) is 1.37. The Hall–Kier alpha value is -1.96. The van der Waals surface area contributed by atoms with Crippen LogP contribution in [0.3, 0.4) is 0 Å². The van der Waals surface area contributed by atoms with E-state index in [1.165, 1.54) is 25.3 Å². The fourth-order valence-corrected chi connectivity index (χ4v) is 2.24. The van der Waals surface area contributed by atoms with Crippen molar-refractivity contribution in [3.05, 3.63) is 18.2 Å². The van der Waals surface area contributed by atoms with Crippen LogP contribution in [0.1, 0.15) is 6.42 Å². The fraction of sp³-hybridized carbons (Fsp3) is 0.462. The molecule has 0 spiro atoms. The maximum atomic E-state index is 13.2. The summed E-state index contributed by atoms with van der Waals surface area (Å²) in [5.74, 6) is -1.20. The molecule has 1 amide bonds. The molecule has 3 N–H and O–H groups in total. The number of phenols is 1. The van der Waals surface area contributed by atoms with Gasteiger partial charge < -0.3 is 20.5 Å². The molecule has 1 aliphatic heterocycles. The third-order valence-corrected chi connectivity index (χ3v) is 3.58. The van der Waals surface area contributed by atoms with Crippen LogP contribution in [0.5, 0.6) is 11.5 Å². The minimum Gasteiger partial charge on any atom is -0.506 e. The topological polar surface area (TPSA) is 70.6 Å². The Morgan fingerprint density at radius 3 is 2.71 bits per heavy atom. The van der Waals surface area contributed by atoms with Crippen molar-refractivity contribution in [2.24, 2.45) is 5.41 Å². The molecule has 0 aliphatic carbocycles. The number of benzene rings is 1. The van der Waals surface area contributed by atoms with Crippen LogP contribution in [0.25, 0.3) is 0 Å². The average Bonchev–Trinajstić information content (AvgIpc) is 2.91. The van der Waals surface area contributed by atoms with Crippen LogP contribution in [0.4, 0.5) is 18.9 Å². The van der Waals surface area contributed by atoms with Crippen LogP contribution in [0.2, 0.25) is 0 Å². The molecule has 0 bridgehead atoms. The lowest BCUT2D eigenvalue weighted by atomic mass is 9.85. The zero-order valence-electron chi connectivity index (χ0n) is 11.3. The van der Waals surface area contributed by atoms with E-state index in [9.17, 15) is 23.1 Å². The number of anilines is 1. The Bertz CT molecular complexity index is 540. The van der Waals surface area contributed by atoms with Gasteiger partial charge in [-0.25, -0.2) is 0 Å². The fourth-order valence-electron chi connectivity index (χ4n) is 2.24. The normalized spacial score (nSPS) is 22.1. The number of alkyl halides is 3. The average molecular weight is 304 g/mol. The van der Waals surface area contributed by atoms with Crippen molar-refractivity contribution >= 4 is 11.6 Å². The van der Waals surface area contributed by atoms with Gasteiger partial charge in [-0.05, 0) is 25.1 Å². The molecule has 116 valence electrons. The maximum Gasteiger partial charge on any atom is 0.404 e. The SMILES string of the molecule is COc1ccc(O)c(NC(=O)C2(C(F)(F)F)CCNC2)c1. The number of hydrogen-bond donors (Lipinski definition) is 3. The minimum absolute atomic E-state index is 0.108. The van der Waals surface area contributed by atoms with E-state index < -0.39 is 24.0 Å². The van der Waals surface area contributed by atoms with Crippen molar-refractivity contribution in [1.29, 1.82) is 0 Å². The largest absolute Gasteiger partial charge is 0.506 e. The Morgan fingerprint density at radius 1 is 1.48 bits per heavy atom. The van der Waals surface area contributed by atoms with Crippen molar-refractivity contribution in [3.63, 3.8) is 0 Å². The molecular weight excluding hydrogens is 289 g/mol. The number of ether oxygens (including phenoxy) is 1. The van der Waals surface area contributed by atoms with Crippen LogP contribution in [-0.4, -0.2) is 37.4 Å². The third kappa shape index (κ3) is 2.76. The quantitative estimate of drug-likeness (QED) is 0.746. The number of phenolic OH excluding ortho intramolecular Hbond substituents is 1. The van der Waals surface area contributed by atoms with Gasteiger partial charge in [0.25, 0.3) is 0 Å². The summed E-state index contributed by atoms with van der Waals surface area (Å²) in [4.78, 5) is 12.1. The Morgan fingerprint density at radius 2 is 2.19 bits per heavy atom. The molecular formula is C13H15F3N2O3. The van der Waals surface area contributed by atoms with Gasteiger partial charge in [0, 0.05) is 12.6 Å². The van der Waals surface area contributed by atoms with Crippen molar-refractivity contribution in [1.82, 2.24) is 5.32 Å². The van der Waals surface area contributed by atoms with Crippen molar-refractivity contribution in [2.45, 2.75) is 12.6 Å². The van der Waals surface area contributed by atoms with Gasteiger partial charge in [-0.2, -0.15) is 13.2 Å². The molecule has 1 saturated heterocycles. The minimum atomic E-state index is -4.67. The first-order chi connectivity index (χ1) is 9.80. The second-order valence-electron chi connectivity index (χ2n) is 4.84. The number of methoxy groups -OCH3 is 1. The van der Waals surface area contributed by atoms with Crippen LogP contribution < -0.4 is 15.4 Å². The Labute approximate surface area is 119 Å². The summed E-state index contributed by atoms with van der Waals surface area (Å²) >= 11 is 0. The molecule has 1 aromatic rings. The number of carbonyl (C=O) groups excluding carboxylic acids is 1. The zero-order valence-corrected chi connectivity index (χ0v) is 11.3. The zero-order chi connectivity index (χ0) is 15.7. The van der Waals surface area contributed by atoms with E-state index >= 15 is 0 Å². The van der Waals surface area contributed by atoms with E-state index in [0.717, 1.165) is 0 Å². The number of aromatic hydroxyl groups is 1. The second-order valence-corrected chi connectivity index (χ2v) is 4.84. The molecule has 21 heavy (non-hydrogen) atoms. The Kier molecular flexibility index (Phi) is 3.99. The molecule has 2 rings (SSSR count). The van der Waals surface area contributed by atoms with E-state index in [0.29, 0.717) is 5.75 Å². The molecule has 1 atom stereocenters. The lowest BCUT2D eigenvalue weighted by Crippen LogP contribution is -2.49. The van der Waals surface area contributed by atoms with Crippen LogP contribution in [0.15, 0.2) is 18.2 Å². The summed E-state index contributed by atoms with van der Waals surface area (Å²) in [6.07, 6.45) is -5.01. The molecule has 0 saturated carbocycles. The molecule has 8 heteroatoms. The highest BCUT2D eigenvalue weighted by Crippen LogP contribution is 2.44. The lowest BCUT2D eigenvalue weighted by Gasteiger charge is -2.29. The van der Waals surface area contributed by atoms with Crippen molar-refractivity contribution in [3.8, 4) is 11.5 Å². The number of carbonyl (C=O) groups is 1. The van der Waals surface area contributed by atoms with Gasteiger partial charge in [-0.3, -0.25) is 4.79 Å². The smallest absolute Gasteiger partial charge is 0.404 e. The first-order valence-electron chi connectivity index (χ1n) is 6.26. The predicted molar refractivity (Wildman–Crippen MR) is 69.3 cm³/mol. The molecule has 0 radical (unpaired) electrons. The summed E-state index contributed by atoms with van der Waals surface area (Å²) < 4.78 is 44.6. The number of amides is 1. The summed E-state index contributed by atoms with van der Waals surface area (Å²) in [5.41, 5.74) is -2.60. The van der Waals surface area contributed by atoms with Crippen LogP contribution in [0, 0.1) is 5.41 Å². The van der Waals surface area contributed by atoms with Gasteiger partial charge in [0.05, 0.1) is 12.8 Å². The maximum absolute atomic E-state index is 13.2. The Balaban J connectivity index is 2.28. The summed E-state index contributed by atoms with van der Waals surface area (Å²) in [6, 6.07) is 3.93. The molecule has 1 aromatic carbocycles. The van der Waals surface area contributed by atoms with E-state index in [2.05, 4.69) is 10.6 Å². The summed E-state index contributed by atoms with van der Waals surface area (Å²) in [5, 5.41) is 14.3. The first-order valence-corrected chi connectivity index (χ1v) is 6.26. The number of nitrogens with one attached hydrogen (secondary N) is 2. The molecule has 1 fully saturated rings. The monoisotopic (exact) mass is 304 g/mol. The second kappa shape index (κ2) is 5.44. The van der Waals surface area contributed by atoms with Gasteiger partial charge in [-0.15, -0.1) is 0 Å². The molecule has 1 unspecified atom stereocenters. The lowest BCUT2D eigenvalue weighted by molar-refractivity contribution is -0.213. The first kappa shape index (κ1) is 15.4. The van der Waals surface area contributed by atoms with Gasteiger partial charge in [-0.1, -0.05) is 0 Å². The highest BCUT2D eigenvalue weighted by atomic mass is 19.4. The van der Waals surface area contributed by atoms with E-state index in [1.807, 2.05) is 0 Å². The van der Waals surface area contributed by atoms with Gasteiger partial charge in [0.2, 0.25) is 5.91 Å².